The number of likely N-dealkylation sites (N-methyl/N-ethyl adjacent to an activating group) is 1. The Morgan fingerprint density at radius 2 is 1.69 bits per heavy atom. The Kier molecular flexibility index (Phi) is 6.36. The number of halogens is 4. The number of anilines is 2. The number of amides is 1. The van der Waals surface area contributed by atoms with Gasteiger partial charge in [0.2, 0.25) is 0 Å². The van der Waals surface area contributed by atoms with Crippen molar-refractivity contribution in [3.05, 3.63) is 88.4 Å². The summed E-state index contributed by atoms with van der Waals surface area (Å²) in [5, 5.41) is 2.04. The van der Waals surface area contributed by atoms with E-state index >= 15 is 0 Å². The molecule has 0 saturated carbocycles. The molecule has 36 heavy (non-hydrogen) atoms. The molecule has 0 aliphatic carbocycles. The minimum atomic E-state index is -4.56. The number of nitrogens with one attached hydrogen (secondary N) is 1. The number of benzene rings is 3. The van der Waals surface area contributed by atoms with Crippen LogP contribution in [0, 0.1) is 0 Å². The van der Waals surface area contributed by atoms with Gasteiger partial charge in [-0.1, -0.05) is 29.8 Å². The van der Waals surface area contributed by atoms with E-state index in [0.29, 0.717) is 22.1 Å². The zero-order chi connectivity index (χ0) is 25.4. The number of para-hydroxylation sites is 1. The molecule has 10 heteroatoms. The maximum Gasteiger partial charge on any atom is 0.416 e. The number of nitrogens with zero attached hydrogens (tertiary/aromatic N) is 4. The smallest absolute Gasteiger partial charge is 0.353 e. The third-order valence-corrected chi connectivity index (χ3v) is 6.49. The second-order valence-electron chi connectivity index (χ2n) is 8.73. The van der Waals surface area contributed by atoms with Crippen molar-refractivity contribution in [1.82, 2.24) is 15.2 Å². The van der Waals surface area contributed by atoms with Gasteiger partial charge in [0.05, 0.1) is 22.6 Å². The van der Waals surface area contributed by atoms with E-state index in [0.717, 1.165) is 49.7 Å². The second-order valence-corrected chi connectivity index (χ2v) is 9.17. The number of carbonyl (C=O) groups is 1. The monoisotopic (exact) mass is 513 g/mol. The number of hydrogen-bond donors (Lipinski definition) is 1. The Balaban J connectivity index is 1.58. The Bertz CT molecular complexity index is 1340. The van der Waals surface area contributed by atoms with Gasteiger partial charge in [-0.15, -0.1) is 0 Å². The highest BCUT2D eigenvalue weighted by molar-refractivity contribution is 6.31. The summed E-state index contributed by atoms with van der Waals surface area (Å²) in [6, 6.07) is 17.0. The van der Waals surface area contributed by atoms with E-state index in [1.807, 2.05) is 24.3 Å². The molecule has 3 aromatic rings. The van der Waals surface area contributed by atoms with Gasteiger partial charge in [-0.05, 0) is 55.6 Å². The standard InChI is InChI=1S/C26H23ClF3N5O/c1-33-11-13-34(14-12-33)24-20-7-2-3-8-22(20)35(23-10-9-19(27)16-21(23)31-24)32-25(36)17-5-4-6-18(15-17)26(28,29)30/h2-10,15-16H,11-14H2,1H3,(H,32,36). The number of amidine groups is 1. The number of fused-ring (bicyclic) bond motifs is 2. The average molecular weight is 514 g/mol. The predicted octanol–water partition coefficient (Wildman–Crippen LogP) is 5.48. The topological polar surface area (TPSA) is 51.2 Å². The van der Waals surface area contributed by atoms with Gasteiger partial charge in [0.25, 0.3) is 5.91 Å². The number of carbonyl (C=O) groups excluding carboxylic acids is 1. The molecule has 1 N–H and O–H groups in total. The first-order valence-electron chi connectivity index (χ1n) is 11.4. The first-order valence-corrected chi connectivity index (χ1v) is 11.8. The minimum Gasteiger partial charge on any atom is -0.353 e. The van der Waals surface area contributed by atoms with Crippen LogP contribution in [0.2, 0.25) is 5.02 Å². The van der Waals surface area contributed by atoms with Crippen LogP contribution < -0.4 is 10.4 Å². The van der Waals surface area contributed by atoms with Crippen LogP contribution in [0.3, 0.4) is 0 Å². The summed E-state index contributed by atoms with van der Waals surface area (Å²) in [7, 11) is 2.07. The van der Waals surface area contributed by atoms with Crippen LogP contribution in [0.25, 0.3) is 0 Å². The number of hydrazine groups is 1. The fraction of sp³-hybridized carbons (Fsp3) is 0.231. The summed E-state index contributed by atoms with van der Waals surface area (Å²) in [5.74, 6) is 0.0675. The molecule has 6 nitrogen and oxygen atoms in total. The van der Waals surface area contributed by atoms with Crippen LogP contribution in [-0.2, 0) is 6.18 Å². The summed E-state index contributed by atoms with van der Waals surface area (Å²) in [5.41, 5.74) is 4.33. The summed E-state index contributed by atoms with van der Waals surface area (Å²) >= 11 is 6.30. The normalized spacial score (nSPS) is 16.1. The molecule has 186 valence electrons. The first kappa shape index (κ1) is 24.1. The zero-order valence-electron chi connectivity index (χ0n) is 19.4. The fourth-order valence-electron chi connectivity index (χ4n) is 4.32. The third kappa shape index (κ3) is 4.76. The van der Waals surface area contributed by atoms with Gasteiger partial charge in [0.15, 0.2) is 0 Å². The van der Waals surface area contributed by atoms with Gasteiger partial charge in [-0.25, -0.2) is 4.99 Å². The van der Waals surface area contributed by atoms with Crippen molar-refractivity contribution in [2.75, 3.05) is 38.2 Å². The molecule has 0 atom stereocenters. The van der Waals surface area contributed by atoms with Crippen molar-refractivity contribution in [3.8, 4) is 0 Å². The Morgan fingerprint density at radius 3 is 2.44 bits per heavy atom. The number of hydrogen-bond acceptors (Lipinski definition) is 5. The lowest BCUT2D eigenvalue weighted by Crippen LogP contribution is -2.47. The maximum absolute atomic E-state index is 13.2. The van der Waals surface area contributed by atoms with Gasteiger partial charge in [-0.3, -0.25) is 15.2 Å². The third-order valence-electron chi connectivity index (χ3n) is 6.26. The molecule has 2 aliphatic heterocycles. The highest BCUT2D eigenvalue weighted by Crippen LogP contribution is 2.40. The molecule has 5 rings (SSSR count). The number of aliphatic imine (C=N–C) groups is 1. The van der Waals surface area contributed by atoms with Crippen molar-refractivity contribution in [3.63, 3.8) is 0 Å². The molecule has 0 unspecified atom stereocenters. The van der Waals surface area contributed by atoms with Gasteiger partial charge >= 0.3 is 6.18 Å². The molecule has 0 spiro atoms. The van der Waals surface area contributed by atoms with Gasteiger partial charge in [-0.2, -0.15) is 13.2 Å². The minimum absolute atomic E-state index is 0.109. The van der Waals surface area contributed by atoms with E-state index in [1.165, 1.54) is 12.1 Å². The Morgan fingerprint density at radius 1 is 0.944 bits per heavy atom. The molecule has 3 aromatic carbocycles. The maximum atomic E-state index is 13.2. The van der Waals surface area contributed by atoms with E-state index in [2.05, 4.69) is 22.3 Å². The van der Waals surface area contributed by atoms with Gasteiger partial charge in [0, 0.05) is 42.3 Å². The number of rotatable bonds is 2. The first-order chi connectivity index (χ1) is 17.2. The van der Waals surface area contributed by atoms with Crippen molar-refractivity contribution in [2.24, 2.45) is 4.99 Å². The fourth-order valence-corrected chi connectivity index (χ4v) is 4.49. The van der Waals surface area contributed by atoms with E-state index in [1.54, 1.807) is 23.2 Å². The summed E-state index contributed by atoms with van der Waals surface area (Å²) in [4.78, 5) is 22.6. The van der Waals surface area contributed by atoms with E-state index < -0.39 is 17.6 Å². The summed E-state index contributed by atoms with van der Waals surface area (Å²) < 4.78 is 39.7. The highest BCUT2D eigenvalue weighted by atomic mass is 35.5. The largest absolute Gasteiger partial charge is 0.416 e. The molecule has 0 bridgehead atoms. The summed E-state index contributed by atoms with van der Waals surface area (Å²) in [6.07, 6.45) is -4.56. The van der Waals surface area contributed by atoms with Crippen LogP contribution in [0.4, 0.5) is 30.2 Å². The Hall–Kier alpha value is -3.56. The van der Waals surface area contributed by atoms with Crippen LogP contribution in [-0.4, -0.2) is 54.8 Å². The predicted molar refractivity (Wildman–Crippen MR) is 134 cm³/mol. The van der Waals surface area contributed by atoms with Crippen molar-refractivity contribution in [2.45, 2.75) is 6.18 Å². The van der Waals surface area contributed by atoms with Gasteiger partial charge in [0.1, 0.15) is 5.84 Å². The van der Waals surface area contributed by atoms with E-state index in [9.17, 15) is 18.0 Å². The van der Waals surface area contributed by atoms with Crippen LogP contribution >= 0.6 is 11.6 Å². The van der Waals surface area contributed by atoms with E-state index in [4.69, 9.17) is 16.6 Å². The SMILES string of the molecule is CN1CCN(C2=Nc3cc(Cl)ccc3N(NC(=O)c3cccc(C(F)(F)F)c3)c3ccccc32)CC1. The van der Waals surface area contributed by atoms with Crippen LogP contribution in [0.1, 0.15) is 21.5 Å². The zero-order valence-corrected chi connectivity index (χ0v) is 20.1. The van der Waals surface area contributed by atoms with Gasteiger partial charge < -0.3 is 9.80 Å². The molecule has 0 radical (unpaired) electrons. The Labute approximate surface area is 211 Å². The lowest BCUT2D eigenvalue weighted by Gasteiger charge is -2.35. The van der Waals surface area contributed by atoms with Crippen molar-refractivity contribution < 1.29 is 18.0 Å². The number of piperazine rings is 1. The molecular formula is C26H23ClF3N5O. The highest BCUT2D eigenvalue weighted by Gasteiger charge is 2.32. The van der Waals surface area contributed by atoms with E-state index in [-0.39, 0.29) is 5.56 Å². The molecule has 0 aromatic heterocycles. The lowest BCUT2D eigenvalue weighted by atomic mass is 10.1. The second kappa shape index (κ2) is 9.48. The molecule has 2 aliphatic rings. The van der Waals surface area contributed by atoms with Crippen molar-refractivity contribution >= 4 is 40.4 Å². The summed E-state index contributed by atoms with van der Waals surface area (Å²) in [6.45, 7) is 3.30. The van der Waals surface area contributed by atoms with Crippen molar-refractivity contribution in [1.29, 1.82) is 0 Å². The van der Waals surface area contributed by atoms with Crippen LogP contribution in [0.15, 0.2) is 71.7 Å². The average Bonchev–Trinajstić information content (AvgIpc) is 2.99. The number of alkyl halides is 3. The lowest BCUT2D eigenvalue weighted by molar-refractivity contribution is -0.137. The molecule has 2 heterocycles. The molecule has 1 amide bonds. The van der Waals surface area contributed by atoms with Crippen LogP contribution in [0.5, 0.6) is 0 Å². The quantitative estimate of drug-likeness (QED) is 0.493. The molecular weight excluding hydrogens is 491 g/mol. The molecule has 1 fully saturated rings. The molecule has 1 saturated heterocycles.